The van der Waals surface area contributed by atoms with Crippen LogP contribution in [0.3, 0.4) is 0 Å². The van der Waals surface area contributed by atoms with Gasteiger partial charge in [-0.1, -0.05) is 32.4 Å². The summed E-state index contributed by atoms with van der Waals surface area (Å²) in [4.78, 5) is 8.22. The molecule has 1 aromatic rings. The van der Waals surface area contributed by atoms with Crippen molar-refractivity contribution in [2.45, 2.75) is 32.6 Å². The highest BCUT2D eigenvalue weighted by Gasteiger charge is 2.22. The van der Waals surface area contributed by atoms with E-state index in [2.05, 4.69) is 30.7 Å². The van der Waals surface area contributed by atoms with Crippen LogP contribution in [0.4, 0.5) is 0 Å². The lowest BCUT2D eigenvalue weighted by molar-refractivity contribution is 0.488. The summed E-state index contributed by atoms with van der Waals surface area (Å²) in [5.74, 6) is 0. The van der Waals surface area contributed by atoms with Crippen molar-refractivity contribution in [3.05, 3.63) is 23.2 Å². The second-order valence-corrected chi connectivity index (χ2v) is 3.79. The number of aromatic nitrogens is 2. The average molecular weight is 185 g/mol. The fourth-order valence-corrected chi connectivity index (χ4v) is 1.30. The van der Waals surface area contributed by atoms with E-state index in [9.17, 15) is 0 Å². The second-order valence-electron chi connectivity index (χ2n) is 3.43. The lowest BCUT2D eigenvalue weighted by Crippen LogP contribution is -2.18. The molecule has 0 saturated carbocycles. The van der Waals surface area contributed by atoms with Gasteiger partial charge in [-0.25, -0.2) is 4.98 Å². The molecule has 0 spiro atoms. The minimum absolute atomic E-state index is 0.0192. The van der Waals surface area contributed by atoms with Crippen molar-refractivity contribution >= 4 is 11.6 Å². The summed E-state index contributed by atoms with van der Waals surface area (Å²) in [7, 11) is 0. The summed E-state index contributed by atoms with van der Waals surface area (Å²) in [6.45, 7) is 6.34. The molecule has 0 aliphatic rings. The highest BCUT2D eigenvalue weighted by Crippen LogP contribution is 2.28. The lowest BCUT2D eigenvalue weighted by atomic mass is 9.87. The molecule has 0 aromatic carbocycles. The molecule has 0 fully saturated rings. The first kappa shape index (κ1) is 9.46. The Labute approximate surface area is 78.0 Å². The molecule has 12 heavy (non-hydrogen) atoms. The SMILES string of the molecule is CCC(C)(C)c1nccnc1Cl. The van der Waals surface area contributed by atoms with E-state index in [0.29, 0.717) is 5.15 Å². The largest absolute Gasteiger partial charge is 0.256 e. The molecule has 0 saturated heterocycles. The number of rotatable bonds is 2. The zero-order valence-electron chi connectivity index (χ0n) is 7.63. The van der Waals surface area contributed by atoms with E-state index in [0.717, 1.165) is 12.1 Å². The van der Waals surface area contributed by atoms with Crippen LogP contribution in [0.1, 0.15) is 32.9 Å². The van der Waals surface area contributed by atoms with Gasteiger partial charge in [0.25, 0.3) is 0 Å². The molecular formula is C9H13ClN2. The maximum Gasteiger partial charge on any atom is 0.151 e. The molecule has 0 aliphatic carbocycles. The van der Waals surface area contributed by atoms with Crippen LogP contribution in [0, 0.1) is 0 Å². The number of hydrogen-bond donors (Lipinski definition) is 0. The third kappa shape index (κ3) is 1.75. The summed E-state index contributed by atoms with van der Waals surface area (Å²) in [5.41, 5.74) is 0.903. The first-order chi connectivity index (χ1) is 5.58. The predicted molar refractivity (Wildman–Crippen MR) is 50.4 cm³/mol. The Balaban J connectivity index is 3.10. The van der Waals surface area contributed by atoms with Crippen molar-refractivity contribution < 1.29 is 0 Å². The third-order valence-electron chi connectivity index (χ3n) is 2.18. The van der Waals surface area contributed by atoms with Crippen molar-refractivity contribution in [3.63, 3.8) is 0 Å². The Morgan fingerprint density at radius 3 is 2.42 bits per heavy atom. The van der Waals surface area contributed by atoms with Gasteiger partial charge in [0, 0.05) is 17.8 Å². The Hall–Kier alpha value is -0.630. The van der Waals surface area contributed by atoms with E-state index in [4.69, 9.17) is 11.6 Å². The van der Waals surface area contributed by atoms with Crippen LogP contribution in [0.5, 0.6) is 0 Å². The molecule has 0 unspecified atom stereocenters. The van der Waals surface area contributed by atoms with Crippen LogP contribution < -0.4 is 0 Å². The first-order valence-corrected chi connectivity index (χ1v) is 4.42. The number of hydrogen-bond acceptors (Lipinski definition) is 2. The molecule has 0 aliphatic heterocycles. The fourth-order valence-electron chi connectivity index (χ4n) is 0.942. The molecule has 0 atom stereocenters. The van der Waals surface area contributed by atoms with Crippen molar-refractivity contribution in [1.82, 2.24) is 9.97 Å². The molecule has 0 radical (unpaired) electrons. The number of nitrogens with zero attached hydrogens (tertiary/aromatic N) is 2. The van der Waals surface area contributed by atoms with Gasteiger partial charge in [0.1, 0.15) is 0 Å². The average Bonchev–Trinajstić information content (AvgIpc) is 2.05. The van der Waals surface area contributed by atoms with Gasteiger partial charge >= 0.3 is 0 Å². The van der Waals surface area contributed by atoms with Crippen LogP contribution >= 0.6 is 11.6 Å². The molecule has 1 heterocycles. The second kappa shape index (κ2) is 3.40. The van der Waals surface area contributed by atoms with Gasteiger partial charge in [-0.3, -0.25) is 4.98 Å². The minimum atomic E-state index is 0.0192. The topological polar surface area (TPSA) is 25.8 Å². The normalized spacial score (nSPS) is 11.7. The quantitative estimate of drug-likeness (QED) is 0.707. The van der Waals surface area contributed by atoms with E-state index in [1.165, 1.54) is 0 Å². The van der Waals surface area contributed by atoms with Gasteiger partial charge in [-0.05, 0) is 6.42 Å². The molecule has 0 bridgehead atoms. The minimum Gasteiger partial charge on any atom is -0.256 e. The predicted octanol–water partition coefficient (Wildman–Crippen LogP) is 2.82. The van der Waals surface area contributed by atoms with E-state index >= 15 is 0 Å². The first-order valence-electron chi connectivity index (χ1n) is 4.05. The molecule has 0 amide bonds. The molecule has 0 N–H and O–H groups in total. The highest BCUT2D eigenvalue weighted by atomic mass is 35.5. The van der Waals surface area contributed by atoms with Crippen molar-refractivity contribution in [2.24, 2.45) is 0 Å². The Kier molecular flexibility index (Phi) is 2.68. The van der Waals surface area contributed by atoms with Crippen LogP contribution in [0.15, 0.2) is 12.4 Å². The highest BCUT2D eigenvalue weighted by molar-refractivity contribution is 6.30. The zero-order chi connectivity index (χ0) is 9.19. The number of halogens is 1. The maximum atomic E-state index is 5.91. The Morgan fingerprint density at radius 2 is 1.92 bits per heavy atom. The van der Waals surface area contributed by atoms with Gasteiger partial charge in [-0.2, -0.15) is 0 Å². The van der Waals surface area contributed by atoms with E-state index < -0.39 is 0 Å². The van der Waals surface area contributed by atoms with Gasteiger partial charge in [0.05, 0.1) is 5.69 Å². The summed E-state index contributed by atoms with van der Waals surface area (Å²) >= 11 is 5.91. The summed E-state index contributed by atoms with van der Waals surface area (Å²) in [6.07, 6.45) is 4.29. The van der Waals surface area contributed by atoms with E-state index in [-0.39, 0.29) is 5.41 Å². The van der Waals surface area contributed by atoms with Crippen LogP contribution in [0.25, 0.3) is 0 Å². The van der Waals surface area contributed by atoms with Crippen LogP contribution in [0.2, 0.25) is 5.15 Å². The molecule has 1 rings (SSSR count). The molecule has 3 heteroatoms. The summed E-state index contributed by atoms with van der Waals surface area (Å²) in [5, 5.41) is 0.518. The monoisotopic (exact) mass is 184 g/mol. The fraction of sp³-hybridized carbons (Fsp3) is 0.556. The standard InChI is InChI=1S/C9H13ClN2/c1-4-9(2,3)7-8(10)12-6-5-11-7/h5-6H,4H2,1-3H3. The van der Waals surface area contributed by atoms with Gasteiger partial charge in [0.15, 0.2) is 5.15 Å². The van der Waals surface area contributed by atoms with E-state index in [1.807, 2.05) is 0 Å². The van der Waals surface area contributed by atoms with Gasteiger partial charge in [0.2, 0.25) is 0 Å². The van der Waals surface area contributed by atoms with Gasteiger partial charge < -0.3 is 0 Å². The maximum absolute atomic E-state index is 5.91. The van der Waals surface area contributed by atoms with Crippen LogP contribution in [-0.4, -0.2) is 9.97 Å². The summed E-state index contributed by atoms with van der Waals surface area (Å²) in [6, 6.07) is 0. The van der Waals surface area contributed by atoms with E-state index in [1.54, 1.807) is 12.4 Å². The zero-order valence-corrected chi connectivity index (χ0v) is 8.39. The van der Waals surface area contributed by atoms with Crippen molar-refractivity contribution in [1.29, 1.82) is 0 Å². The molecule has 1 aromatic heterocycles. The van der Waals surface area contributed by atoms with Crippen molar-refractivity contribution in [3.8, 4) is 0 Å². The third-order valence-corrected chi connectivity index (χ3v) is 2.46. The van der Waals surface area contributed by atoms with Crippen molar-refractivity contribution in [2.75, 3.05) is 0 Å². The Bertz CT molecular complexity index is 271. The lowest BCUT2D eigenvalue weighted by Gasteiger charge is -2.21. The van der Waals surface area contributed by atoms with Crippen LogP contribution in [-0.2, 0) is 5.41 Å². The molecule has 66 valence electrons. The van der Waals surface area contributed by atoms with Gasteiger partial charge in [-0.15, -0.1) is 0 Å². The molecular weight excluding hydrogens is 172 g/mol. The molecule has 2 nitrogen and oxygen atoms in total. The smallest absolute Gasteiger partial charge is 0.151 e. The summed E-state index contributed by atoms with van der Waals surface area (Å²) < 4.78 is 0. The Morgan fingerprint density at radius 1 is 1.33 bits per heavy atom.